The molecule has 2 aromatic heterocycles. The monoisotopic (exact) mass is 661 g/mol. The van der Waals surface area contributed by atoms with E-state index in [0.717, 1.165) is 28.9 Å². The average molecular weight is 662 g/mol. The lowest BCUT2D eigenvalue weighted by Crippen LogP contribution is -2.55. The lowest BCUT2D eigenvalue weighted by atomic mass is 9.96. The second-order valence-electron chi connectivity index (χ2n) is 11.6. The number of rotatable bonds is 11. The Bertz CT molecular complexity index is 1830. The first kappa shape index (κ1) is 33.0. The van der Waals surface area contributed by atoms with Crippen LogP contribution in [0, 0.1) is 0 Å². The number of aromatic nitrogens is 2. The van der Waals surface area contributed by atoms with E-state index in [-0.39, 0.29) is 24.5 Å². The summed E-state index contributed by atoms with van der Waals surface area (Å²) in [4.78, 5) is 52.5. The van der Waals surface area contributed by atoms with E-state index in [1.807, 2.05) is 42.2 Å². The van der Waals surface area contributed by atoms with Gasteiger partial charge in [0.25, 0.3) is 5.91 Å². The molecule has 246 valence electrons. The molecule has 1 aliphatic heterocycles. The van der Waals surface area contributed by atoms with Gasteiger partial charge in [0.05, 0.1) is 18.2 Å². The zero-order valence-electron chi connectivity index (χ0n) is 27.1. The number of pyridine rings is 1. The van der Waals surface area contributed by atoms with E-state index in [1.54, 1.807) is 31.3 Å². The zero-order chi connectivity index (χ0) is 33.5. The maximum atomic E-state index is 13.7. The molecule has 5 aromatic rings. The van der Waals surface area contributed by atoms with Crippen LogP contribution in [0.5, 0.6) is 0 Å². The minimum absolute atomic E-state index is 0.0736. The third kappa shape index (κ3) is 7.30. The highest BCUT2D eigenvalue weighted by molar-refractivity contribution is 7.99. The lowest BCUT2D eigenvalue weighted by Gasteiger charge is -2.40. The maximum absolute atomic E-state index is 13.7. The summed E-state index contributed by atoms with van der Waals surface area (Å²) in [5.41, 5.74) is 3.95. The van der Waals surface area contributed by atoms with Crippen molar-refractivity contribution in [3.8, 4) is 0 Å². The second kappa shape index (κ2) is 15.3. The zero-order valence-corrected chi connectivity index (χ0v) is 27.9. The molecule has 6 rings (SSSR count). The summed E-state index contributed by atoms with van der Waals surface area (Å²) in [6.07, 6.45) is 2.10. The third-order valence-electron chi connectivity index (χ3n) is 8.58. The van der Waals surface area contributed by atoms with Crippen molar-refractivity contribution in [2.45, 2.75) is 42.3 Å². The summed E-state index contributed by atoms with van der Waals surface area (Å²) < 4.78 is 5.21. The van der Waals surface area contributed by atoms with Gasteiger partial charge in [0, 0.05) is 48.2 Å². The van der Waals surface area contributed by atoms with Crippen molar-refractivity contribution in [1.82, 2.24) is 25.1 Å². The Morgan fingerprint density at radius 2 is 1.56 bits per heavy atom. The topological polar surface area (TPSA) is 108 Å². The molecular formula is C38H39N5O4S. The summed E-state index contributed by atoms with van der Waals surface area (Å²) in [6.45, 7) is 6.55. The number of hydrogen-bond acceptors (Lipinski definition) is 7. The van der Waals surface area contributed by atoms with Gasteiger partial charge in [-0.1, -0.05) is 85.4 Å². The van der Waals surface area contributed by atoms with Gasteiger partial charge >= 0.3 is 5.97 Å². The number of amides is 2. The van der Waals surface area contributed by atoms with E-state index in [2.05, 4.69) is 68.7 Å². The molecule has 9 nitrogen and oxygen atoms in total. The first-order chi connectivity index (χ1) is 23.5. The molecule has 48 heavy (non-hydrogen) atoms. The third-order valence-corrected chi connectivity index (χ3v) is 9.67. The Morgan fingerprint density at radius 3 is 2.21 bits per heavy atom. The number of ether oxygens (including phenoxy) is 1. The summed E-state index contributed by atoms with van der Waals surface area (Å²) >= 11 is 1.34. The van der Waals surface area contributed by atoms with E-state index >= 15 is 0 Å². The van der Waals surface area contributed by atoms with E-state index in [4.69, 9.17) is 4.74 Å². The Morgan fingerprint density at radius 1 is 0.875 bits per heavy atom. The number of aromatic amines is 1. The largest absolute Gasteiger partial charge is 0.462 e. The molecule has 2 amide bonds. The van der Waals surface area contributed by atoms with Gasteiger partial charge in [0.15, 0.2) is 0 Å². The van der Waals surface area contributed by atoms with Gasteiger partial charge < -0.3 is 19.9 Å². The highest BCUT2D eigenvalue weighted by atomic mass is 32.2. The molecule has 1 aliphatic rings. The Hall–Kier alpha value is -4.93. The minimum Gasteiger partial charge on any atom is -0.462 e. The average Bonchev–Trinajstić information content (AvgIpc) is 3.58. The minimum atomic E-state index is -0.649. The number of nitrogens with one attached hydrogen (secondary N) is 2. The number of hydrogen-bond donors (Lipinski definition) is 2. The first-order valence-electron chi connectivity index (χ1n) is 16.3. The van der Waals surface area contributed by atoms with Gasteiger partial charge in [0.2, 0.25) is 5.91 Å². The predicted octanol–water partition coefficient (Wildman–Crippen LogP) is 6.33. The van der Waals surface area contributed by atoms with Crippen molar-refractivity contribution >= 4 is 40.4 Å². The van der Waals surface area contributed by atoms with Crippen LogP contribution < -0.4 is 5.32 Å². The Balaban J connectivity index is 1.13. The summed E-state index contributed by atoms with van der Waals surface area (Å²) in [7, 11) is 0. The fourth-order valence-electron chi connectivity index (χ4n) is 6.16. The molecule has 1 atom stereocenters. The fraction of sp³-hybridized carbons (Fsp3) is 0.263. The van der Waals surface area contributed by atoms with Crippen LogP contribution in [0.2, 0.25) is 0 Å². The molecule has 1 saturated heterocycles. The van der Waals surface area contributed by atoms with Gasteiger partial charge in [-0.3, -0.25) is 14.5 Å². The molecule has 10 heteroatoms. The van der Waals surface area contributed by atoms with Crippen molar-refractivity contribution in [3.63, 3.8) is 0 Å². The highest BCUT2D eigenvalue weighted by Crippen LogP contribution is 2.35. The predicted molar refractivity (Wildman–Crippen MR) is 187 cm³/mol. The molecule has 3 heterocycles. The molecule has 3 aromatic carbocycles. The summed E-state index contributed by atoms with van der Waals surface area (Å²) in [5, 5.41) is 4.31. The fourth-order valence-corrected chi connectivity index (χ4v) is 7.17. The number of H-pyrrole nitrogens is 1. The standard InChI is InChI=1S/C38H39N5O4S/c1-3-30(37(45)43-23-21-42(22-24-43)34(26-13-7-5-8-14-26)27-15-9-6-10-16-27)41-35(44)32-25-29-31(40-32)18-11-19-33(29)48-36-28(17-12-20-39-36)38(46)47-4-2/h5-20,25,30,34,40H,3-4,21-24H2,1-2H3,(H,41,44)/t30-/m0/s1. The molecule has 0 radical (unpaired) electrons. The molecular weight excluding hydrogens is 623 g/mol. The summed E-state index contributed by atoms with van der Waals surface area (Å²) in [5.74, 6) is -0.854. The van der Waals surface area contributed by atoms with Crippen molar-refractivity contribution in [2.24, 2.45) is 0 Å². The van der Waals surface area contributed by atoms with Gasteiger partial charge in [-0.15, -0.1) is 0 Å². The molecule has 2 N–H and O–H groups in total. The molecule has 0 unspecified atom stereocenters. The van der Waals surface area contributed by atoms with Crippen LogP contribution in [0.3, 0.4) is 0 Å². The van der Waals surface area contributed by atoms with Crippen LogP contribution in [-0.4, -0.2) is 76.4 Å². The van der Waals surface area contributed by atoms with Crippen LogP contribution in [-0.2, 0) is 9.53 Å². The van der Waals surface area contributed by atoms with Gasteiger partial charge in [-0.05, 0) is 54.8 Å². The summed E-state index contributed by atoms with van der Waals surface area (Å²) in [6, 6.07) is 31.3. The second-order valence-corrected chi connectivity index (χ2v) is 12.6. The number of carbonyl (C=O) groups excluding carboxylic acids is 3. The van der Waals surface area contributed by atoms with Crippen LogP contribution in [0.4, 0.5) is 0 Å². The first-order valence-corrected chi connectivity index (χ1v) is 17.1. The van der Waals surface area contributed by atoms with Gasteiger partial charge in [0.1, 0.15) is 16.8 Å². The molecule has 0 spiro atoms. The van der Waals surface area contributed by atoms with Crippen LogP contribution in [0.25, 0.3) is 10.9 Å². The van der Waals surface area contributed by atoms with Gasteiger partial charge in [-0.2, -0.15) is 0 Å². The van der Waals surface area contributed by atoms with Crippen LogP contribution in [0.15, 0.2) is 113 Å². The molecule has 0 aliphatic carbocycles. The number of carbonyl (C=O) groups is 3. The van der Waals surface area contributed by atoms with Crippen molar-refractivity contribution in [2.75, 3.05) is 32.8 Å². The SMILES string of the molecule is CCOC(=O)c1cccnc1Sc1cccc2[nH]c(C(=O)N[C@@H](CC)C(=O)N3CCN(C(c4ccccc4)c4ccccc4)CC3)cc12. The van der Waals surface area contributed by atoms with E-state index in [9.17, 15) is 14.4 Å². The Labute approximate surface area is 284 Å². The number of nitrogens with zero attached hydrogens (tertiary/aromatic N) is 3. The van der Waals surface area contributed by atoms with Crippen molar-refractivity contribution < 1.29 is 19.1 Å². The Kier molecular flexibility index (Phi) is 10.5. The highest BCUT2D eigenvalue weighted by Gasteiger charge is 2.31. The smallest absolute Gasteiger partial charge is 0.340 e. The molecule has 1 fully saturated rings. The quantitative estimate of drug-likeness (QED) is 0.159. The van der Waals surface area contributed by atoms with E-state index < -0.39 is 12.0 Å². The molecule has 0 bridgehead atoms. The molecule has 0 saturated carbocycles. The normalized spacial score (nSPS) is 14.2. The van der Waals surface area contributed by atoms with Crippen molar-refractivity contribution in [3.05, 3.63) is 126 Å². The van der Waals surface area contributed by atoms with Crippen molar-refractivity contribution in [1.29, 1.82) is 0 Å². The number of piperazine rings is 1. The van der Waals surface area contributed by atoms with Gasteiger partial charge in [-0.25, -0.2) is 9.78 Å². The lowest BCUT2D eigenvalue weighted by molar-refractivity contribution is -0.135. The van der Waals surface area contributed by atoms with Crippen LogP contribution >= 0.6 is 11.8 Å². The maximum Gasteiger partial charge on any atom is 0.340 e. The number of benzene rings is 3. The number of fused-ring (bicyclic) bond motifs is 1. The van der Waals surface area contributed by atoms with E-state index in [1.165, 1.54) is 22.9 Å². The van der Waals surface area contributed by atoms with E-state index in [0.29, 0.717) is 35.8 Å². The number of esters is 1. The van der Waals surface area contributed by atoms with Crippen LogP contribution in [0.1, 0.15) is 58.3 Å².